The Balaban J connectivity index is 1.73. The van der Waals surface area contributed by atoms with Crippen molar-refractivity contribution in [2.75, 3.05) is 0 Å². The van der Waals surface area contributed by atoms with Gasteiger partial charge in [-0.2, -0.15) is 0 Å². The van der Waals surface area contributed by atoms with Crippen LogP contribution in [0.5, 0.6) is 0 Å². The third-order valence-corrected chi connectivity index (χ3v) is 5.71. The minimum absolute atomic E-state index is 0.115. The molecule has 2 atom stereocenters. The van der Waals surface area contributed by atoms with E-state index < -0.39 is 0 Å². The Morgan fingerprint density at radius 1 is 0.862 bits per heavy atom. The van der Waals surface area contributed by atoms with Crippen molar-refractivity contribution in [3.63, 3.8) is 0 Å². The SMILES string of the molecule is CC(Cc1ccncc1C(C)CCc1ncccc1C(C)(C)C)c1ccccn1. The van der Waals surface area contributed by atoms with E-state index in [4.69, 9.17) is 4.98 Å². The molecule has 3 aromatic rings. The van der Waals surface area contributed by atoms with Crippen molar-refractivity contribution in [2.24, 2.45) is 0 Å². The molecule has 0 bridgehead atoms. The average Bonchev–Trinajstić information content (AvgIpc) is 2.72. The zero-order valence-corrected chi connectivity index (χ0v) is 18.4. The van der Waals surface area contributed by atoms with Crippen molar-refractivity contribution in [3.05, 3.63) is 89.3 Å². The van der Waals surface area contributed by atoms with Gasteiger partial charge in [0.05, 0.1) is 0 Å². The first kappa shape index (κ1) is 21.2. The summed E-state index contributed by atoms with van der Waals surface area (Å²) < 4.78 is 0. The fourth-order valence-corrected chi connectivity index (χ4v) is 4.00. The van der Waals surface area contributed by atoms with E-state index in [2.05, 4.69) is 68.9 Å². The van der Waals surface area contributed by atoms with Crippen LogP contribution in [0.3, 0.4) is 0 Å². The lowest BCUT2D eigenvalue weighted by molar-refractivity contribution is 0.567. The molecule has 3 heteroatoms. The summed E-state index contributed by atoms with van der Waals surface area (Å²) >= 11 is 0. The van der Waals surface area contributed by atoms with E-state index in [0.717, 1.165) is 25.0 Å². The van der Waals surface area contributed by atoms with Crippen molar-refractivity contribution < 1.29 is 0 Å². The van der Waals surface area contributed by atoms with Gasteiger partial charge in [0.15, 0.2) is 0 Å². The van der Waals surface area contributed by atoms with Crippen LogP contribution in [0.15, 0.2) is 61.2 Å². The first-order valence-corrected chi connectivity index (χ1v) is 10.6. The predicted molar refractivity (Wildman–Crippen MR) is 120 cm³/mol. The van der Waals surface area contributed by atoms with E-state index in [0.29, 0.717) is 11.8 Å². The zero-order chi connectivity index (χ0) is 20.9. The molecule has 0 aliphatic rings. The smallest absolute Gasteiger partial charge is 0.0441 e. The molecular formula is C26H33N3. The van der Waals surface area contributed by atoms with Gasteiger partial charge in [-0.15, -0.1) is 0 Å². The fraction of sp³-hybridized carbons (Fsp3) is 0.423. The molecule has 0 radical (unpaired) electrons. The molecule has 3 nitrogen and oxygen atoms in total. The summed E-state index contributed by atoms with van der Waals surface area (Å²) in [5, 5.41) is 0. The van der Waals surface area contributed by atoms with Gasteiger partial charge in [-0.25, -0.2) is 0 Å². The first-order valence-electron chi connectivity index (χ1n) is 10.6. The second kappa shape index (κ2) is 9.30. The topological polar surface area (TPSA) is 38.7 Å². The van der Waals surface area contributed by atoms with Crippen molar-refractivity contribution in [2.45, 2.75) is 71.1 Å². The number of hydrogen-bond acceptors (Lipinski definition) is 3. The van der Waals surface area contributed by atoms with Crippen LogP contribution in [0, 0.1) is 0 Å². The lowest BCUT2D eigenvalue weighted by atomic mass is 9.83. The molecule has 2 unspecified atom stereocenters. The van der Waals surface area contributed by atoms with Crippen LogP contribution in [0.4, 0.5) is 0 Å². The molecule has 3 rings (SSSR count). The second-order valence-corrected chi connectivity index (χ2v) is 9.12. The minimum Gasteiger partial charge on any atom is -0.264 e. The molecule has 29 heavy (non-hydrogen) atoms. The van der Waals surface area contributed by atoms with Crippen LogP contribution in [0.1, 0.15) is 81.0 Å². The van der Waals surface area contributed by atoms with E-state index in [1.165, 1.54) is 22.4 Å². The highest BCUT2D eigenvalue weighted by atomic mass is 14.7. The molecular weight excluding hydrogens is 354 g/mol. The molecule has 0 amide bonds. The summed E-state index contributed by atoms with van der Waals surface area (Å²) in [6, 6.07) is 12.6. The molecule has 152 valence electrons. The van der Waals surface area contributed by atoms with E-state index in [-0.39, 0.29) is 5.41 Å². The van der Waals surface area contributed by atoms with Gasteiger partial charge in [0.2, 0.25) is 0 Å². The van der Waals surface area contributed by atoms with E-state index in [1.54, 1.807) is 0 Å². The van der Waals surface area contributed by atoms with Crippen molar-refractivity contribution in [3.8, 4) is 0 Å². The zero-order valence-electron chi connectivity index (χ0n) is 18.4. The van der Waals surface area contributed by atoms with Crippen LogP contribution >= 0.6 is 0 Å². The molecule has 3 heterocycles. The van der Waals surface area contributed by atoms with Gasteiger partial charge in [-0.1, -0.05) is 46.8 Å². The monoisotopic (exact) mass is 387 g/mol. The Morgan fingerprint density at radius 3 is 2.38 bits per heavy atom. The van der Waals surface area contributed by atoms with Crippen LogP contribution in [-0.4, -0.2) is 15.0 Å². The van der Waals surface area contributed by atoms with Crippen molar-refractivity contribution >= 4 is 0 Å². The second-order valence-electron chi connectivity index (χ2n) is 9.12. The summed E-state index contributed by atoms with van der Waals surface area (Å²) in [6.07, 6.45) is 10.8. The number of pyridine rings is 3. The van der Waals surface area contributed by atoms with Gasteiger partial charge in [0.1, 0.15) is 0 Å². The highest BCUT2D eigenvalue weighted by Crippen LogP contribution is 2.30. The molecule has 0 saturated heterocycles. The maximum atomic E-state index is 4.70. The Hall–Kier alpha value is -2.55. The lowest BCUT2D eigenvalue weighted by Gasteiger charge is -2.23. The molecule has 0 saturated carbocycles. The standard InChI is InChI=1S/C26H33N3/c1-19(11-12-25-23(26(3,4)5)9-8-15-29-25)22-18-27-16-13-21(22)17-20(2)24-10-6-7-14-28-24/h6-10,13-16,18-20H,11-12,17H2,1-5H3. The summed E-state index contributed by atoms with van der Waals surface area (Å²) in [7, 11) is 0. The summed E-state index contributed by atoms with van der Waals surface area (Å²) in [5.74, 6) is 0.817. The van der Waals surface area contributed by atoms with Crippen LogP contribution in [0.25, 0.3) is 0 Å². The molecule has 0 aromatic carbocycles. The molecule has 0 aliphatic carbocycles. The van der Waals surface area contributed by atoms with Gasteiger partial charge in [0.25, 0.3) is 0 Å². The average molecular weight is 388 g/mol. The molecule has 3 aromatic heterocycles. The summed E-state index contributed by atoms with van der Waals surface area (Å²) in [4.78, 5) is 13.7. The normalized spacial score (nSPS) is 13.8. The largest absolute Gasteiger partial charge is 0.264 e. The van der Waals surface area contributed by atoms with E-state index in [1.807, 2.05) is 36.9 Å². The highest BCUT2D eigenvalue weighted by molar-refractivity contribution is 5.30. The number of nitrogens with zero attached hydrogens (tertiary/aromatic N) is 3. The summed E-state index contributed by atoms with van der Waals surface area (Å²) in [5.41, 5.74) is 6.56. The van der Waals surface area contributed by atoms with Gasteiger partial charge < -0.3 is 0 Å². The fourth-order valence-electron chi connectivity index (χ4n) is 4.00. The van der Waals surface area contributed by atoms with Crippen molar-refractivity contribution in [1.82, 2.24) is 15.0 Å². The third-order valence-electron chi connectivity index (χ3n) is 5.71. The van der Waals surface area contributed by atoms with E-state index >= 15 is 0 Å². The number of aromatic nitrogens is 3. The first-order chi connectivity index (χ1) is 13.9. The van der Waals surface area contributed by atoms with Gasteiger partial charge in [-0.3, -0.25) is 15.0 Å². The highest BCUT2D eigenvalue weighted by Gasteiger charge is 2.20. The Morgan fingerprint density at radius 2 is 1.66 bits per heavy atom. The third kappa shape index (κ3) is 5.50. The summed E-state index contributed by atoms with van der Waals surface area (Å²) in [6.45, 7) is 11.3. The maximum Gasteiger partial charge on any atom is 0.0441 e. The minimum atomic E-state index is 0.115. The van der Waals surface area contributed by atoms with E-state index in [9.17, 15) is 0 Å². The molecule has 0 spiro atoms. The van der Waals surface area contributed by atoms with Crippen molar-refractivity contribution in [1.29, 1.82) is 0 Å². The Kier molecular flexibility index (Phi) is 6.79. The Bertz CT molecular complexity index is 912. The quantitative estimate of drug-likeness (QED) is 0.481. The molecule has 0 N–H and O–H groups in total. The molecule has 0 fully saturated rings. The van der Waals surface area contributed by atoms with Gasteiger partial charge >= 0.3 is 0 Å². The molecule has 0 aliphatic heterocycles. The van der Waals surface area contributed by atoms with Crippen LogP contribution in [-0.2, 0) is 18.3 Å². The number of aryl methyl sites for hydroxylation is 1. The Labute approximate surface area is 175 Å². The van der Waals surface area contributed by atoms with Gasteiger partial charge in [0, 0.05) is 42.1 Å². The maximum absolute atomic E-state index is 4.70. The predicted octanol–water partition coefficient (Wildman–Crippen LogP) is 6.25. The number of rotatable bonds is 7. The van der Waals surface area contributed by atoms with Crippen LogP contribution in [0.2, 0.25) is 0 Å². The lowest BCUT2D eigenvalue weighted by Crippen LogP contribution is -2.16. The number of hydrogen-bond donors (Lipinski definition) is 0. The van der Waals surface area contributed by atoms with Gasteiger partial charge in [-0.05, 0) is 71.6 Å². The van der Waals surface area contributed by atoms with Crippen LogP contribution < -0.4 is 0 Å².